The summed E-state index contributed by atoms with van der Waals surface area (Å²) in [4.78, 5) is 0. The van der Waals surface area contributed by atoms with Crippen molar-refractivity contribution < 1.29 is 13.5 Å². The van der Waals surface area contributed by atoms with Gasteiger partial charge < -0.3 is 10.5 Å². The maximum atomic E-state index is 12.8. The van der Waals surface area contributed by atoms with Crippen molar-refractivity contribution in [3.8, 4) is 5.75 Å². The minimum absolute atomic E-state index is 0.485. The molecular weight excluding hydrogens is 192 g/mol. The van der Waals surface area contributed by atoms with Crippen molar-refractivity contribution in [1.29, 1.82) is 0 Å². The molecule has 0 saturated heterocycles. The molecule has 80 valence electrons. The van der Waals surface area contributed by atoms with Gasteiger partial charge in [0.1, 0.15) is 6.54 Å². The Morgan fingerprint density at radius 2 is 2.36 bits per heavy atom. The highest BCUT2D eigenvalue weighted by Gasteiger charge is 2.27. The van der Waals surface area contributed by atoms with Gasteiger partial charge in [0.05, 0.1) is 25.5 Å². The Morgan fingerprint density at radius 3 is 2.93 bits per heavy atom. The van der Waals surface area contributed by atoms with Gasteiger partial charge in [-0.15, -0.1) is 0 Å². The standard InChI is InChI=1S/C8H13F2N3O/c1-2-14-7-3-12-13(4-7)6-8(9,10)5-11/h3-4H,2,5-6,11H2,1H3. The minimum atomic E-state index is -2.92. The van der Waals surface area contributed by atoms with Crippen molar-refractivity contribution in [3.05, 3.63) is 12.4 Å². The van der Waals surface area contributed by atoms with Crippen LogP contribution in [0.25, 0.3) is 0 Å². The summed E-state index contributed by atoms with van der Waals surface area (Å²) in [6.45, 7) is 1.10. The molecule has 0 aliphatic rings. The quantitative estimate of drug-likeness (QED) is 0.776. The number of hydrogen-bond donors (Lipinski definition) is 1. The van der Waals surface area contributed by atoms with Crippen LogP contribution in [0, 0.1) is 0 Å². The molecule has 6 heteroatoms. The van der Waals surface area contributed by atoms with E-state index >= 15 is 0 Å². The van der Waals surface area contributed by atoms with Gasteiger partial charge in [-0.05, 0) is 6.92 Å². The second kappa shape index (κ2) is 4.36. The molecule has 4 nitrogen and oxygen atoms in total. The van der Waals surface area contributed by atoms with Crippen LogP contribution in [0.5, 0.6) is 5.75 Å². The van der Waals surface area contributed by atoms with Crippen LogP contribution in [0.15, 0.2) is 12.4 Å². The number of alkyl halides is 2. The lowest BCUT2D eigenvalue weighted by Crippen LogP contribution is -2.32. The van der Waals surface area contributed by atoms with Gasteiger partial charge in [-0.2, -0.15) is 5.10 Å². The molecule has 1 aromatic rings. The Balaban J connectivity index is 2.59. The largest absolute Gasteiger partial charge is 0.491 e. The van der Waals surface area contributed by atoms with Crippen LogP contribution >= 0.6 is 0 Å². The van der Waals surface area contributed by atoms with Crippen molar-refractivity contribution >= 4 is 0 Å². The fourth-order valence-electron chi connectivity index (χ4n) is 0.974. The SMILES string of the molecule is CCOc1cnn(CC(F)(F)CN)c1. The maximum absolute atomic E-state index is 12.8. The van der Waals surface area contributed by atoms with E-state index < -0.39 is 19.0 Å². The van der Waals surface area contributed by atoms with E-state index in [4.69, 9.17) is 10.5 Å². The van der Waals surface area contributed by atoms with Crippen LogP contribution in [-0.4, -0.2) is 28.9 Å². The van der Waals surface area contributed by atoms with Gasteiger partial charge in [0.2, 0.25) is 0 Å². The normalized spacial score (nSPS) is 11.7. The molecule has 1 rings (SSSR count). The highest BCUT2D eigenvalue weighted by atomic mass is 19.3. The molecule has 1 heterocycles. The number of aromatic nitrogens is 2. The molecule has 0 radical (unpaired) electrons. The monoisotopic (exact) mass is 205 g/mol. The summed E-state index contributed by atoms with van der Waals surface area (Å²) in [6.07, 6.45) is 2.82. The lowest BCUT2D eigenvalue weighted by molar-refractivity contribution is -0.00983. The second-order valence-corrected chi connectivity index (χ2v) is 2.87. The first-order valence-electron chi connectivity index (χ1n) is 4.30. The first-order chi connectivity index (χ1) is 6.57. The number of hydrogen-bond acceptors (Lipinski definition) is 3. The molecule has 1 aromatic heterocycles. The number of halogens is 2. The van der Waals surface area contributed by atoms with Gasteiger partial charge in [-0.25, -0.2) is 8.78 Å². The zero-order valence-electron chi connectivity index (χ0n) is 7.91. The summed E-state index contributed by atoms with van der Waals surface area (Å²) >= 11 is 0. The number of rotatable bonds is 5. The smallest absolute Gasteiger partial charge is 0.279 e. The fourth-order valence-corrected chi connectivity index (χ4v) is 0.974. The van der Waals surface area contributed by atoms with E-state index in [9.17, 15) is 8.78 Å². The molecule has 2 N–H and O–H groups in total. The van der Waals surface area contributed by atoms with Gasteiger partial charge >= 0.3 is 0 Å². The van der Waals surface area contributed by atoms with Crippen molar-refractivity contribution in [3.63, 3.8) is 0 Å². The minimum Gasteiger partial charge on any atom is -0.491 e. The summed E-state index contributed by atoms with van der Waals surface area (Å²) < 4.78 is 31.8. The summed E-state index contributed by atoms with van der Waals surface area (Å²) in [7, 11) is 0. The first-order valence-corrected chi connectivity index (χ1v) is 4.30. The molecule has 0 aromatic carbocycles. The van der Waals surface area contributed by atoms with Crippen molar-refractivity contribution in [2.24, 2.45) is 5.73 Å². The fraction of sp³-hybridized carbons (Fsp3) is 0.625. The highest BCUT2D eigenvalue weighted by molar-refractivity contribution is 5.11. The van der Waals surface area contributed by atoms with E-state index in [-0.39, 0.29) is 0 Å². The van der Waals surface area contributed by atoms with E-state index in [0.29, 0.717) is 12.4 Å². The second-order valence-electron chi connectivity index (χ2n) is 2.87. The average Bonchev–Trinajstić information content (AvgIpc) is 2.53. The zero-order valence-corrected chi connectivity index (χ0v) is 7.91. The molecule has 0 atom stereocenters. The van der Waals surface area contributed by atoms with E-state index in [1.807, 2.05) is 6.92 Å². The van der Waals surface area contributed by atoms with E-state index in [2.05, 4.69) is 5.10 Å². The van der Waals surface area contributed by atoms with Crippen LogP contribution < -0.4 is 10.5 Å². The topological polar surface area (TPSA) is 53.1 Å². The Labute approximate surface area is 80.6 Å². The third-order valence-electron chi connectivity index (χ3n) is 1.61. The average molecular weight is 205 g/mol. The van der Waals surface area contributed by atoms with Gasteiger partial charge in [-0.1, -0.05) is 0 Å². The van der Waals surface area contributed by atoms with Crippen LogP contribution in [-0.2, 0) is 6.54 Å². The van der Waals surface area contributed by atoms with Gasteiger partial charge in [0, 0.05) is 0 Å². The number of nitrogens with zero attached hydrogens (tertiary/aromatic N) is 2. The van der Waals surface area contributed by atoms with Crippen LogP contribution in [0.2, 0.25) is 0 Å². The van der Waals surface area contributed by atoms with Crippen molar-refractivity contribution in [1.82, 2.24) is 9.78 Å². The number of ether oxygens (including phenoxy) is 1. The Morgan fingerprint density at radius 1 is 1.64 bits per heavy atom. The molecule has 0 amide bonds. The molecule has 0 aliphatic carbocycles. The molecule has 14 heavy (non-hydrogen) atoms. The van der Waals surface area contributed by atoms with Crippen molar-refractivity contribution in [2.75, 3.05) is 13.2 Å². The molecule has 0 saturated carbocycles. The first kappa shape index (κ1) is 10.9. The van der Waals surface area contributed by atoms with E-state index in [0.717, 1.165) is 4.68 Å². The van der Waals surface area contributed by atoms with Crippen LogP contribution in [0.4, 0.5) is 8.78 Å². The van der Waals surface area contributed by atoms with Crippen LogP contribution in [0.3, 0.4) is 0 Å². The highest BCUT2D eigenvalue weighted by Crippen LogP contribution is 2.16. The lowest BCUT2D eigenvalue weighted by atomic mass is 10.3. The van der Waals surface area contributed by atoms with Crippen LogP contribution in [0.1, 0.15) is 6.92 Å². The predicted octanol–water partition coefficient (Wildman–Crippen LogP) is 0.876. The zero-order chi connectivity index (χ0) is 10.6. The lowest BCUT2D eigenvalue weighted by Gasteiger charge is -2.12. The maximum Gasteiger partial charge on any atom is 0.279 e. The molecule has 0 spiro atoms. The molecule has 0 unspecified atom stereocenters. The Kier molecular flexibility index (Phi) is 3.40. The molecule has 0 bridgehead atoms. The van der Waals surface area contributed by atoms with E-state index in [1.165, 1.54) is 12.4 Å². The predicted molar refractivity (Wildman–Crippen MR) is 47.4 cm³/mol. The molecule has 0 aliphatic heterocycles. The van der Waals surface area contributed by atoms with Gasteiger partial charge in [-0.3, -0.25) is 4.68 Å². The summed E-state index contributed by atoms with van der Waals surface area (Å²) in [5.41, 5.74) is 4.90. The Hall–Kier alpha value is -1.17. The van der Waals surface area contributed by atoms with Gasteiger partial charge in [0.15, 0.2) is 5.75 Å². The summed E-state index contributed by atoms with van der Waals surface area (Å²) in [5.74, 6) is -2.43. The van der Waals surface area contributed by atoms with Crippen molar-refractivity contribution in [2.45, 2.75) is 19.4 Å². The summed E-state index contributed by atoms with van der Waals surface area (Å²) in [6, 6.07) is 0. The van der Waals surface area contributed by atoms with E-state index in [1.54, 1.807) is 0 Å². The third kappa shape index (κ3) is 2.95. The number of nitrogens with two attached hydrogens (primary N) is 1. The Bertz CT molecular complexity index is 288. The van der Waals surface area contributed by atoms with Gasteiger partial charge in [0.25, 0.3) is 5.92 Å². The third-order valence-corrected chi connectivity index (χ3v) is 1.61. The molecular formula is C8H13F2N3O. The molecule has 0 fully saturated rings. The summed E-state index contributed by atoms with van der Waals surface area (Å²) in [5, 5.41) is 3.72.